The maximum atomic E-state index is 10.8. The first kappa shape index (κ1) is 14.8. The number of hydrogen-bond donors (Lipinski definition) is 2. The third-order valence-electron chi connectivity index (χ3n) is 4.29. The van der Waals surface area contributed by atoms with E-state index in [2.05, 4.69) is 37.6 Å². The normalized spacial score (nSPS) is 14.3. The van der Waals surface area contributed by atoms with Crippen molar-refractivity contribution in [3.05, 3.63) is 35.4 Å². The van der Waals surface area contributed by atoms with Crippen LogP contribution in [0.2, 0.25) is 0 Å². The zero-order chi connectivity index (χ0) is 16.5. The van der Waals surface area contributed by atoms with E-state index in [0.29, 0.717) is 12.5 Å². The standard InChI is InChI=1S/C16H18N6O2/c23-16(24)14-9-22(21-19-14)6-2-1-3-12-7-11-8-13(10-4-5-10)17-15(11)20-18-12/h7-10H,1-6H2,(H,17,20)(H,23,24). The van der Waals surface area contributed by atoms with Crippen molar-refractivity contribution in [3.63, 3.8) is 0 Å². The summed E-state index contributed by atoms with van der Waals surface area (Å²) in [7, 11) is 0. The molecular weight excluding hydrogens is 308 g/mol. The number of H-pyrrole nitrogens is 1. The molecule has 1 aliphatic rings. The summed E-state index contributed by atoms with van der Waals surface area (Å²) in [6.45, 7) is 0.645. The molecule has 1 aliphatic carbocycles. The van der Waals surface area contributed by atoms with Gasteiger partial charge in [-0.1, -0.05) is 5.21 Å². The summed E-state index contributed by atoms with van der Waals surface area (Å²) in [5, 5.41) is 25.9. The van der Waals surface area contributed by atoms with Gasteiger partial charge in [-0.05, 0) is 50.2 Å². The Bertz CT molecular complexity index is 880. The second-order valence-corrected chi connectivity index (χ2v) is 6.27. The van der Waals surface area contributed by atoms with E-state index in [9.17, 15) is 4.79 Å². The molecular formula is C16H18N6O2. The third kappa shape index (κ3) is 3.12. The summed E-state index contributed by atoms with van der Waals surface area (Å²) in [5.41, 5.74) is 3.10. The molecule has 8 heteroatoms. The number of carboxylic acids is 1. The second kappa shape index (κ2) is 6.03. The Labute approximate surface area is 137 Å². The van der Waals surface area contributed by atoms with E-state index in [4.69, 9.17) is 5.11 Å². The molecule has 24 heavy (non-hydrogen) atoms. The van der Waals surface area contributed by atoms with Crippen molar-refractivity contribution in [1.29, 1.82) is 0 Å². The van der Waals surface area contributed by atoms with Gasteiger partial charge in [-0.3, -0.25) is 4.68 Å². The Morgan fingerprint density at radius 1 is 1.25 bits per heavy atom. The van der Waals surface area contributed by atoms with Gasteiger partial charge in [-0.15, -0.1) is 10.2 Å². The molecule has 1 saturated carbocycles. The first-order valence-corrected chi connectivity index (χ1v) is 8.18. The molecule has 4 rings (SSSR count). The monoisotopic (exact) mass is 326 g/mol. The lowest BCUT2D eigenvalue weighted by Gasteiger charge is -2.01. The Morgan fingerprint density at radius 2 is 2.12 bits per heavy atom. The fraction of sp³-hybridized carbons (Fsp3) is 0.438. The molecule has 8 nitrogen and oxygen atoms in total. The maximum absolute atomic E-state index is 10.8. The third-order valence-corrected chi connectivity index (χ3v) is 4.29. The predicted octanol–water partition coefficient (Wildman–Crippen LogP) is 2.15. The molecule has 3 aromatic rings. The molecule has 0 saturated heterocycles. The van der Waals surface area contributed by atoms with Crippen LogP contribution in [0.15, 0.2) is 18.3 Å². The Kier molecular flexibility index (Phi) is 3.72. The Balaban J connectivity index is 1.31. The van der Waals surface area contributed by atoms with Crippen LogP contribution in [0, 0.1) is 0 Å². The highest BCUT2D eigenvalue weighted by Gasteiger charge is 2.25. The number of aromatic carboxylic acids is 1. The van der Waals surface area contributed by atoms with Crippen LogP contribution in [0.3, 0.4) is 0 Å². The molecule has 0 bridgehead atoms. The van der Waals surface area contributed by atoms with E-state index < -0.39 is 5.97 Å². The number of carbonyl (C=O) groups is 1. The van der Waals surface area contributed by atoms with Crippen molar-refractivity contribution < 1.29 is 9.90 Å². The van der Waals surface area contributed by atoms with Gasteiger partial charge in [0, 0.05) is 17.6 Å². The summed E-state index contributed by atoms with van der Waals surface area (Å²) in [6, 6.07) is 4.29. The Morgan fingerprint density at radius 3 is 2.88 bits per heavy atom. The number of unbranched alkanes of at least 4 members (excludes halogenated alkanes) is 1. The van der Waals surface area contributed by atoms with Crippen molar-refractivity contribution in [3.8, 4) is 0 Å². The minimum atomic E-state index is -1.05. The smallest absolute Gasteiger partial charge is 0.358 e. The largest absolute Gasteiger partial charge is 0.476 e. The molecule has 0 atom stereocenters. The van der Waals surface area contributed by atoms with Gasteiger partial charge < -0.3 is 10.1 Å². The van der Waals surface area contributed by atoms with Crippen molar-refractivity contribution in [2.45, 2.75) is 44.6 Å². The van der Waals surface area contributed by atoms with Gasteiger partial charge in [-0.25, -0.2) is 4.79 Å². The van der Waals surface area contributed by atoms with Crippen LogP contribution in [0.25, 0.3) is 11.0 Å². The molecule has 0 radical (unpaired) electrons. The van der Waals surface area contributed by atoms with Gasteiger partial charge in [-0.2, -0.15) is 5.10 Å². The van der Waals surface area contributed by atoms with Gasteiger partial charge in [0.15, 0.2) is 11.3 Å². The summed E-state index contributed by atoms with van der Waals surface area (Å²) in [5.74, 6) is -0.372. The summed E-state index contributed by atoms with van der Waals surface area (Å²) >= 11 is 0. The number of nitrogens with zero attached hydrogens (tertiary/aromatic N) is 5. The highest BCUT2D eigenvalue weighted by molar-refractivity contribution is 5.84. The summed E-state index contributed by atoms with van der Waals surface area (Å²) in [6.07, 6.45) is 6.63. The maximum Gasteiger partial charge on any atom is 0.358 e. The molecule has 0 unspecified atom stereocenters. The number of aryl methyl sites for hydroxylation is 2. The first-order valence-electron chi connectivity index (χ1n) is 8.18. The number of fused-ring (bicyclic) bond motifs is 1. The fourth-order valence-electron chi connectivity index (χ4n) is 2.82. The summed E-state index contributed by atoms with van der Waals surface area (Å²) in [4.78, 5) is 14.1. The first-order chi connectivity index (χ1) is 11.7. The number of aromatic amines is 1. The van der Waals surface area contributed by atoms with Gasteiger partial charge in [0.05, 0.1) is 11.9 Å². The zero-order valence-electron chi connectivity index (χ0n) is 13.1. The fourth-order valence-corrected chi connectivity index (χ4v) is 2.82. The van der Waals surface area contributed by atoms with Crippen molar-refractivity contribution in [2.24, 2.45) is 0 Å². The number of rotatable bonds is 7. The van der Waals surface area contributed by atoms with E-state index >= 15 is 0 Å². The van der Waals surface area contributed by atoms with Gasteiger partial charge in [0.25, 0.3) is 0 Å². The van der Waals surface area contributed by atoms with E-state index in [-0.39, 0.29) is 5.69 Å². The number of hydrogen-bond acceptors (Lipinski definition) is 5. The van der Waals surface area contributed by atoms with E-state index in [1.54, 1.807) is 4.68 Å². The van der Waals surface area contributed by atoms with Crippen molar-refractivity contribution in [2.75, 3.05) is 0 Å². The molecule has 124 valence electrons. The van der Waals surface area contributed by atoms with Crippen LogP contribution < -0.4 is 0 Å². The number of nitrogens with one attached hydrogen (secondary N) is 1. The van der Waals surface area contributed by atoms with Crippen LogP contribution >= 0.6 is 0 Å². The summed E-state index contributed by atoms with van der Waals surface area (Å²) < 4.78 is 1.56. The van der Waals surface area contributed by atoms with Crippen LogP contribution in [-0.2, 0) is 13.0 Å². The molecule has 3 heterocycles. The predicted molar refractivity (Wildman–Crippen MR) is 85.8 cm³/mol. The lowest BCUT2D eigenvalue weighted by Crippen LogP contribution is -2.00. The second-order valence-electron chi connectivity index (χ2n) is 6.27. The molecule has 0 aliphatic heterocycles. The SMILES string of the molecule is O=C(O)c1cn(CCCCc2cc3cc(C4CC4)[nH]c3nn2)nn1. The molecule has 3 aromatic heterocycles. The van der Waals surface area contributed by atoms with Crippen LogP contribution in [0.4, 0.5) is 0 Å². The lowest BCUT2D eigenvalue weighted by molar-refractivity contribution is 0.0690. The lowest BCUT2D eigenvalue weighted by atomic mass is 10.1. The minimum absolute atomic E-state index is 0.0229. The molecule has 1 fully saturated rings. The minimum Gasteiger partial charge on any atom is -0.476 e. The van der Waals surface area contributed by atoms with E-state index in [0.717, 1.165) is 36.0 Å². The average Bonchev–Trinajstić information content (AvgIpc) is 3.16. The van der Waals surface area contributed by atoms with E-state index in [1.807, 2.05) is 0 Å². The highest BCUT2D eigenvalue weighted by Crippen LogP contribution is 2.40. The van der Waals surface area contributed by atoms with Gasteiger partial charge in [0.1, 0.15) is 0 Å². The van der Waals surface area contributed by atoms with Crippen LogP contribution in [0.5, 0.6) is 0 Å². The molecule has 0 spiro atoms. The van der Waals surface area contributed by atoms with Crippen molar-refractivity contribution in [1.82, 2.24) is 30.2 Å². The quantitative estimate of drug-likeness (QED) is 0.644. The van der Waals surface area contributed by atoms with Gasteiger partial charge >= 0.3 is 5.97 Å². The number of carboxylic acid groups (broad SMARTS) is 1. The molecule has 0 aromatic carbocycles. The van der Waals surface area contributed by atoms with Crippen LogP contribution in [-0.4, -0.2) is 41.3 Å². The van der Waals surface area contributed by atoms with Crippen molar-refractivity contribution >= 4 is 17.0 Å². The zero-order valence-corrected chi connectivity index (χ0v) is 13.1. The van der Waals surface area contributed by atoms with Crippen LogP contribution in [0.1, 0.15) is 53.5 Å². The molecule has 0 amide bonds. The highest BCUT2D eigenvalue weighted by atomic mass is 16.4. The number of aromatic nitrogens is 6. The van der Waals surface area contributed by atoms with E-state index in [1.165, 1.54) is 24.7 Å². The average molecular weight is 326 g/mol. The van der Waals surface area contributed by atoms with Gasteiger partial charge in [0.2, 0.25) is 0 Å². The topological polar surface area (TPSA) is 110 Å². The molecule has 2 N–H and O–H groups in total. The Hall–Kier alpha value is -2.77.